The summed E-state index contributed by atoms with van der Waals surface area (Å²) in [6.45, 7) is 14.9. The summed E-state index contributed by atoms with van der Waals surface area (Å²) in [6.07, 6.45) is 2.20. The minimum Gasteiger partial charge on any atom is -0.444 e. The lowest BCUT2D eigenvalue weighted by molar-refractivity contribution is 0.166. The third-order valence-corrected chi connectivity index (χ3v) is 8.85. The zero-order chi connectivity index (χ0) is 21.9. The van der Waals surface area contributed by atoms with Gasteiger partial charge in [-0.25, -0.2) is 13.4 Å². The fourth-order valence-corrected chi connectivity index (χ4v) is 5.46. The smallest absolute Gasteiger partial charge is 0.208 e. The van der Waals surface area contributed by atoms with Crippen molar-refractivity contribution in [2.24, 2.45) is 10.9 Å². The maximum atomic E-state index is 12.3. The van der Waals surface area contributed by atoms with Gasteiger partial charge in [0.15, 0.2) is 15.8 Å². The molecule has 0 aliphatic carbocycles. The number of nitrogens with zero attached hydrogens (tertiary/aromatic N) is 4. The number of hydrogen-bond donors (Lipinski definition) is 1. The number of aryl methyl sites for hydroxylation is 2. The van der Waals surface area contributed by atoms with E-state index in [1.165, 1.54) is 0 Å². The Bertz CT molecular complexity index is 841. The van der Waals surface area contributed by atoms with Crippen molar-refractivity contribution in [2.45, 2.75) is 58.8 Å². The fraction of sp³-hybridized carbons (Fsp3) is 0.810. The Morgan fingerprint density at radius 2 is 1.94 bits per heavy atom. The maximum absolute atomic E-state index is 12.3. The lowest BCUT2D eigenvalue weighted by atomic mass is 9.97. The molecule has 178 valence electrons. The lowest BCUT2D eigenvalue weighted by Crippen LogP contribution is -2.57. The van der Waals surface area contributed by atoms with E-state index in [9.17, 15) is 8.42 Å². The molecule has 0 aromatic carbocycles. The third kappa shape index (κ3) is 6.56. The highest BCUT2D eigenvalue weighted by Crippen LogP contribution is 2.24. The molecule has 0 unspecified atom stereocenters. The standard InChI is InChI=1S/C21H37N5O3S.HI/c1-6-22-20(26-11-12-30(27,28)21(4,5)15-26)23-13-18-7-9-25(10-8-18)14-19-24-16(2)17(3)29-19;/h18H,6-15H2,1-5H3,(H,22,23);1H. The minimum atomic E-state index is -3.05. The highest BCUT2D eigenvalue weighted by molar-refractivity contribution is 14.0. The summed E-state index contributed by atoms with van der Waals surface area (Å²) in [4.78, 5) is 13.9. The summed E-state index contributed by atoms with van der Waals surface area (Å²) in [5, 5.41) is 3.36. The van der Waals surface area contributed by atoms with E-state index in [0.29, 0.717) is 19.0 Å². The number of oxazole rings is 1. The first-order valence-electron chi connectivity index (χ1n) is 11.0. The van der Waals surface area contributed by atoms with Crippen molar-refractivity contribution in [2.75, 3.05) is 45.0 Å². The number of rotatable bonds is 5. The van der Waals surface area contributed by atoms with Crippen LogP contribution in [0.2, 0.25) is 0 Å². The molecule has 1 N–H and O–H groups in total. The van der Waals surface area contributed by atoms with Gasteiger partial charge in [-0.3, -0.25) is 9.89 Å². The summed E-state index contributed by atoms with van der Waals surface area (Å²) in [6, 6.07) is 0. The van der Waals surface area contributed by atoms with E-state index in [1.807, 2.05) is 34.6 Å². The third-order valence-electron chi connectivity index (χ3n) is 6.32. The van der Waals surface area contributed by atoms with Crippen molar-refractivity contribution in [1.29, 1.82) is 0 Å². The molecule has 2 aliphatic rings. The highest BCUT2D eigenvalue weighted by Gasteiger charge is 2.41. The molecule has 31 heavy (non-hydrogen) atoms. The Morgan fingerprint density at radius 1 is 1.26 bits per heavy atom. The van der Waals surface area contributed by atoms with Gasteiger partial charge >= 0.3 is 0 Å². The molecule has 0 bridgehead atoms. The van der Waals surface area contributed by atoms with Crippen LogP contribution < -0.4 is 5.32 Å². The number of nitrogens with one attached hydrogen (secondary N) is 1. The predicted molar refractivity (Wildman–Crippen MR) is 135 cm³/mol. The lowest BCUT2D eigenvalue weighted by Gasteiger charge is -2.39. The van der Waals surface area contributed by atoms with Crippen LogP contribution in [0.25, 0.3) is 0 Å². The van der Waals surface area contributed by atoms with Crippen LogP contribution in [0.4, 0.5) is 0 Å². The second-order valence-electron chi connectivity index (χ2n) is 9.16. The normalized spacial score (nSPS) is 22.2. The van der Waals surface area contributed by atoms with Crippen LogP contribution in [0, 0.1) is 19.8 Å². The van der Waals surface area contributed by atoms with Gasteiger partial charge in [-0.15, -0.1) is 24.0 Å². The molecule has 3 heterocycles. The fourth-order valence-electron chi connectivity index (χ4n) is 4.09. The van der Waals surface area contributed by atoms with Crippen LogP contribution in [0.3, 0.4) is 0 Å². The second-order valence-corrected chi connectivity index (χ2v) is 11.9. The molecule has 8 nitrogen and oxygen atoms in total. The van der Waals surface area contributed by atoms with Crippen LogP contribution in [0.1, 0.15) is 51.0 Å². The molecule has 0 saturated carbocycles. The Morgan fingerprint density at radius 3 is 2.48 bits per heavy atom. The molecule has 2 fully saturated rings. The van der Waals surface area contributed by atoms with Gasteiger partial charge in [-0.2, -0.15) is 0 Å². The summed E-state index contributed by atoms with van der Waals surface area (Å²) >= 11 is 0. The first-order chi connectivity index (χ1) is 14.1. The molecule has 0 radical (unpaired) electrons. The Kier molecular flexibility index (Phi) is 9.21. The average Bonchev–Trinajstić information content (AvgIpc) is 2.99. The van der Waals surface area contributed by atoms with Crippen molar-refractivity contribution in [3.63, 3.8) is 0 Å². The van der Waals surface area contributed by atoms with Gasteiger partial charge in [0.05, 0.1) is 22.7 Å². The molecule has 2 saturated heterocycles. The molecular formula is C21H38IN5O3S. The Labute approximate surface area is 204 Å². The van der Waals surface area contributed by atoms with Crippen LogP contribution in [-0.2, 0) is 16.4 Å². The SMILES string of the molecule is CCNC(=NCC1CCN(Cc2nc(C)c(C)o2)CC1)N1CCS(=O)(=O)C(C)(C)C1.I. The number of hydrogen-bond acceptors (Lipinski definition) is 6. The van der Waals surface area contributed by atoms with Gasteiger partial charge in [0, 0.05) is 26.2 Å². The van der Waals surface area contributed by atoms with Crippen LogP contribution in [-0.4, -0.2) is 78.9 Å². The summed E-state index contributed by atoms with van der Waals surface area (Å²) in [7, 11) is -3.05. The number of likely N-dealkylation sites (tertiary alicyclic amines) is 1. The van der Waals surface area contributed by atoms with E-state index in [0.717, 1.165) is 68.9 Å². The van der Waals surface area contributed by atoms with Gasteiger partial charge in [0.1, 0.15) is 5.76 Å². The molecule has 0 spiro atoms. The van der Waals surface area contributed by atoms with Gasteiger partial charge in [-0.05, 0) is 66.5 Å². The zero-order valence-electron chi connectivity index (χ0n) is 19.5. The highest BCUT2D eigenvalue weighted by atomic mass is 127. The number of piperidine rings is 1. The van der Waals surface area contributed by atoms with E-state index >= 15 is 0 Å². The maximum Gasteiger partial charge on any atom is 0.208 e. The van der Waals surface area contributed by atoms with Gasteiger partial charge < -0.3 is 14.6 Å². The van der Waals surface area contributed by atoms with Crippen LogP contribution in [0.15, 0.2) is 9.41 Å². The van der Waals surface area contributed by atoms with Crippen molar-refractivity contribution in [3.05, 3.63) is 17.3 Å². The number of aliphatic imine (C=N–C) groups is 1. The van der Waals surface area contributed by atoms with Crippen molar-refractivity contribution in [1.82, 2.24) is 20.1 Å². The number of sulfone groups is 1. The van der Waals surface area contributed by atoms with Crippen LogP contribution in [0.5, 0.6) is 0 Å². The summed E-state index contributed by atoms with van der Waals surface area (Å²) in [5.74, 6) is 3.28. The largest absolute Gasteiger partial charge is 0.444 e. The molecular weight excluding hydrogens is 529 g/mol. The quantitative estimate of drug-likeness (QED) is 0.332. The first-order valence-corrected chi connectivity index (χ1v) is 12.7. The second kappa shape index (κ2) is 10.8. The number of halogens is 1. The van der Waals surface area contributed by atoms with E-state index < -0.39 is 14.6 Å². The van der Waals surface area contributed by atoms with Crippen molar-refractivity contribution in [3.8, 4) is 0 Å². The van der Waals surface area contributed by atoms with E-state index in [-0.39, 0.29) is 29.7 Å². The van der Waals surface area contributed by atoms with Crippen LogP contribution >= 0.6 is 24.0 Å². The molecule has 10 heteroatoms. The summed E-state index contributed by atoms with van der Waals surface area (Å²) < 4.78 is 29.6. The van der Waals surface area contributed by atoms with Gasteiger partial charge in [0.25, 0.3) is 0 Å². The molecule has 2 aliphatic heterocycles. The van der Waals surface area contributed by atoms with E-state index in [1.54, 1.807) is 0 Å². The monoisotopic (exact) mass is 567 g/mol. The molecule has 0 atom stereocenters. The molecule has 3 rings (SSSR count). The van der Waals surface area contributed by atoms with Crippen molar-refractivity contribution < 1.29 is 12.8 Å². The first kappa shape index (κ1) is 26.4. The predicted octanol–water partition coefficient (Wildman–Crippen LogP) is 2.60. The van der Waals surface area contributed by atoms with E-state index in [4.69, 9.17) is 9.41 Å². The Hall–Kier alpha value is -0.880. The zero-order valence-corrected chi connectivity index (χ0v) is 22.6. The van der Waals surface area contributed by atoms with Gasteiger partial charge in [0.2, 0.25) is 5.89 Å². The summed E-state index contributed by atoms with van der Waals surface area (Å²) in [5.41, 5.74) is 0.971. The topological polar surface area (TPSA) is 91.0 Å². The number of guanidine groups is 1. The molecule has 1 aromatic heterocycles. The molecule has 0 amide bonds. The van der Waals surface area contributed by atoms with Gasteiger partial charge in [-0.1, -0.05) is 0 Å². The Balaban J connectivity index is 0.00000341. The van der Waals surface area contributed by atoms with Crippen molar-refractivity contribution >= 4 is 39.8 Å². The molecule has 1 aromatic rings. The minimum absolute atomic E-state index is 0. The average molecular weight is 568 g/mol. The number of aromatic nitrogens is 1. The van der Waals surface area contributed by atoms with E-state index in [2.05, 4.69) is 20.1 Å².